The van der Waals surface area contributed by atoms with Gasteiger partial charge in [-0.25, -0.2) is 0 Å². The van der Waals surface area contributed by atoms with E-state index in [9.17, 15) is 15.2 Å². The number of hydrogen-bond acceptors (Lipinski definition) is 5. The molecule has 1 atom stereocenters. The number of para-hydroxylation sites is 1. The summed E-state index contributed by atoms with van der Waals surface area (Å²) < 4.78 is 5.26. The average molecular weight is 289 g/mol. The Kier molecular flexibility index (Phi) is 6.01. The smallest absolute Gasteiger partial charge is 0.312 e. The van der Waals surface area contributed by atoms with Gasteiger partial charge >= 0.3 is 5.69 Å². The average Bonchev–Trinajstić information content (AvgIpc) is 2.34. The molecule has 106 valence electrons. The zero-order valence-electron chi connectivity index (χ0n) is 10.8. The van der Waals surface area contributed by atoms with Crippen LogP contribution in [-0.2, 0) is 0 Å². The first kappa shape index (κ1) is 15.7. The van der Waals surface area contributed by atoms with Crippen molar-refractivity contribution in [1.82, 2.24) is 5.32 Å². The number of nitro groups is 1. The number of ether oxygens (including phenoxy) is 1. The third-order valence-electron chi connectivity index (χ3n) is 2.32. The lowest BCUT2D eigenvalue weighted by Crippen LogP contribution is -2.35. The van der Waals surface area contributed by atoms with Crippen molar-refractivity contribution in [3.8, 4) is 5.75 Å². The summed E-state index contributed by atoms with van der Waals surface area (Å²) in [4.78, 5) is 10.3. The van der Waals surface area contributed by atoms with Crippen LogP contribution in [0.3, 0.4) is 0 Å². The molecule has 0 amide bonds. The van der Waals surface area contributed by atoms with Crippen LogP contribution < -0.4 is 10.1 Å². The maximum Gasteiger partial charge on any atom is 0.312 e. The molecule has 7 heteroatoms. The van der Waals surface area contributed by atoms with Gasteiger partial charge in [0.15, 0.2) is 0 Å². The number of nitrogens with zero attached hydrogens (tertiary/aromatic N) is 1. The molecule has 0 aliphatic carbocycles. The van der Waals surface area contributed by atoms with E-state index in [1.807, 2.05) is 13.8 Å². The number of aliphatic hydroxyl groups is 1. The maximum absolute atomic E-state index is 10.8. The topological polar surface area (TPSA) is 84.6 Å². The van der Waals surface area contributed by atoms with Gasteiger partial charge in [-0.1, -0.05) is 31.5 Å². The van der Waals surface area contributed by atoms with Gasteiger partial charge in [0.05, 0.1) is 9.95 Å². The fourth-order valence-corrected chi connectivity index (χ4v) is 1.62. The first-order valence-electron chi connectivity index (χ1n) is 5.89. The van der Waals surface area contributed by atoms with Gasteiger partial charge in [-0.05, 0) is 6.07 Å². The predicted molar refractivity (Wildman–Crippen MR) is 72.7 cm³/mol. The van der Waals surface area contributed by atoms with Crippen molar-refractivity contribution in [3.63, 3.8) is 0 Å². The quantitative estimate of drug-likeness (QED) is 0.592. The number of halogens is 1. The van der Waals surface area contributed by atoms with Gasteiger partial charge in [0.1, 0.15) is 12.7 Å². The Hall–Kier alpha value is -1.37. The Labute approximate surface area is 116 Å². The van der Waals surface area contributed by atoms with Gasteiger partial charge in [0.2, 0.25) is 5.75 Å². The third-order valence-corrected chi connectivity index (χ3v) is 2.62. The van der Waals surface area contributed by atoms with Crippen LogP contribution in [-0.4, -0.2) is 35.3 Å². The second-order valence-corrected chi connectivity index (χ2v) is 4.78. The Morgan fingerprint density at radius 3 is 2.79 bits per heavy atom. The van der Waals surface area contributed by atoms with E-state index in [1.165, 1.54) is 18.2 Å². The normalized spacial score (nSPS) is 12.5. The summed E-state index contributed by atoms with van der Waals surface area (Å²) in [5.74, 6) is -0.0160. The van der Waals surface area contributed by atoms with Crippen LogP contribution in [0.2, 0.25) is 5.02 Å². The number of hydrogen-bond donors (Lipinski definition) is 2. The first-order valence-corrected chi connectivity index (χ1v) is 6.26. The third kappa shape index (κ3) is 5.02. The Bertz CT molecular complexity index is 440. The molecule has 0 saturated heterocycles. The summed E-state index contributed by atoms with van der Waals surface area (Å²) >= 11 is 5.86. The second-order valence-electron chi connectivity index (χ2n) is 4.37. The summed E-state index contributed by atoms with van der Waals surface area (Å²) in [7, 11) is 0. The molecule has 1 aromatic carbocycles. The lowest BCUT2D eigenvalue weighted by Gasteiger charge is -2.15. The summed E-state index contributed by atoms with van der Waals surface area (Å²) in [5.41, 5.74) is -0.212. The number of rotatable bonds is 7. The highest BCUT2D eigenvalue weighted by atomic mass is 35.5. The van der Waals surface area contributed by atoms with Crippen molar-refractivity contribution >= 4 is 17.3 Å². The Morgan fingerprint density at radius 2 is 2.21 bits per heavy atom. The molecule has 0 aromatic heterocycles. The summed E-state index contributed by atoms with van der Waals surface area (Å²) in [6.45, 7) is 4.18. The molecule has 19 heavy (non-hydrogen) atoms. The zero-order chi connectivity index (χ0) is 14.4. The molecular weight excluding hydrogens is 272 g/mol. The van der Waals surface area contributed by atoms with Crippen LogP contribution in [0.15, 0.2) is 18.2 Å². The van der Waals surface area contributed by atoms with Gasteiger partial charge in [0.25, 0.3) is 0 Å². The van der Waals surface area contributed by atoms with E-state index in [1.54, 1.807) is 0 Å². The van der Waals surface area contributed by atoms with Crippen molar-refractivity contribution in [2.75, 3.05) is 13.2 Å². The van der Waals surface area contributed by atoms with E-state index < -0.39 is 11.0 Å². The number of nitrogens with one attached hydrogen (secondary N) is 1. The van der Waals surface area contributed by atoms with Crippen LogP contribution in [0.25, 0.3) is 0 Å². The van der Waals surface area contributed by atoms with Crippen molar-refractivity contribution in [1.29, 1.82) is 0 Å². The molecule has 0 spiro atoms. The minimum atomic E-state index is -0.765. The fraction of sp³-hybridized carbons (Fsp3) is 0.500. The molecule has 0 heterocycles. The molecule has 1 aromatic rings. The largest absolute Gasteiger partial charge is 0.483 e. The SMILES string of the molecule is CC(C)NCC(O)COc1c(Cl)cccc1[N+](=O)[O-]. The molecule has 0 aliphatic heterocycles. The summed E-state index contributed by atoms with van der Waals surface area (Å²) in [6.07, 6.45) is -0.765. The predicted octanol–water partition coefficient (Wildman–Crippen LogP) is 1.99. The molecule has 0 aliphatic rings. The van der Waals surface area contributed by atoms with Gasteiger partial charge in [-0.15, -0.1) is 0 Å². The molecule has 2 N–H and O–H groups in total. The molecule has 0 saturated carbocycles. The molecule has 1 rings (SSSR count). The molecule has 0 bridgehead atoms. The molecule has 0 fully saturated rings. The molecule has 6 nitrogen and oxygen atoms in total. The van der Waals surface area contributed by atoms with Crippen molar-refractivity contribution < 1.29 is 14.8 Å². The fourth-order valence-electron chi connectivity index (χ4n) is 1.39. The number of nitro benzene ring substituents is 1. The second kappa shape index (κ2) is 7.28. The van der Waals surface area contributed by atoms with E-state index in [-0.39, 0.29) is 29.1 Å². The van der Waals surface area contributed by atoms with Crippen LogP contribution in [0.4, 0.5) is 5.69 Å². The first-order chi connectivity index (χ1) is 8.91. The van der Waals surface area contributed by atoms with Gasteiger partial charge in [0, 0.05) is 18.7 Å². The van der Waals surface area contributed by atoms with E-state index in [2.05, 4.69) is 5.32 Å². The zero-order valence-corrected chi connectivity index (χ0v) is 11.6. The van der Waals surface area contributed by atoms with Gasteiger partial charge in [-0.2, -0.15) is 0 Å². The lowest BCUT2D eigenvalue weighted by atomic mass is 10.3. The van der Waals surface area contributed by atoms with E-state index in [4.69, 9.17) is 16.3 Å². The highest BCUT2D eigenvalue weighted by Gasteiger charge is 2.19. The van der Waals surface area contributed by atoms with Gasteiger partial charge in [-0.3, -0.25) is 10.1 Å². The molecular formula is C12H17ClN2O4. The summed E-state index contributed by atoms with van der Waals surface area (Å²) in [6, 6.07) is 4.52. The number of benzene rings is 1. The van der Waals surface area contributed by atoms with Crippen LogP contribution in [0.1, 0.15) is 13.8 Å². The Balaban J connectivity index is 2.64. The van der Waals surface area contributed by atoms with E-state index >= 15 is 0 Å². The van der Waals surface area contributed by atoms with Crippen molar-refractivity contribution in [2.24, 2.45) is 0 Å². The van der Waals surface area contributed by atoms with E-state index in [0.717, 1.165) is 0 Å². The monoisotopic (exact) mass is 288 g/mol. The molecule has 1 unspecified atom stereocenters. The van der Waals surface area contributed by atoms with E-state index in [0.29, 0.717) is 6.54 Å². The van der Waals surface area contributed by atoms with Crippen LogP contribution >= 0.6 is 11.6 Å². The Morgan fingerprint density at radius 1 is 1.53 bits per heavy atom. The lowest BCUT2D eigenvalue weighted by molar-refractivity contribution is -0.385. The minimum absolute atomic E-state index is 0.0160. The number of aliphatic hydroxyl groups excluding tert-OH is 1. The van der Waals surface area contributed by atoms with Crippen LogP contribution in [0.5, 0.6) is 5.75 Å². The summed E-state index contributed by atoms with van der Waals surface area (Å²) in [5, 5.41) is 23.7. The van der Waals surface area contributed by atoms with Crippen LogP contribution in [0, 0.1) is 10.1 Å². The van der Waals surface area contributed by atoms with Crippen molar-refractivity contribution in [3.05, 3.63) is 33.3 Å². The minimum Gasteiger partial charge on any atom is -0.483 e. The maximum atomic E-state index is 10.8. The van der Waals surface area contributed by atoms with Gasteiger partial charge < -0.3 is 15.2 Å². The highest BCUT2D eigenvalue weighted by Crippen LogP contribution is 2.34. The standard InChI is InChI=1S/C12H17ClN2O4/c1-8(2)14-6-9(16)7-19-12-10(13)4-3-5-11(12)15(17)18/h3-5,8-9,14,16H,6-7H2,1-2H3. The highest BCUT2D eigenvalue weighted by molar-refractivity contribution is 6.32. The molecule has 0 radical (unpaired) electrons. The van der Waals surface area contributed by atoms with Crippen molar-refractivity contribution in [2.45, 2.75) is 26.0 Å².